The van der Waals surface area contributed by atoms with E-state index in [2.05, 4.69) is 27.2 Å². The molecule has 11 heteroatoms. The molecule has 11 nitrogen and oxygen atoms in total. The molecule has 3 aromatic rings. The van der Waals surface area contributed by atoms with Gasteiger partial charge in [-0.15, -0.1) is 0 Å². The van der Waals surface area contributed by atoms with Gasteiger partial charge in [-0.25, -0.2) is 0 Å². The lowest BCUT2D eigenvalue weighted by molar-refractivity contribution is -0.130. The van der Waals surface area contributed by atoms with Gasteiger partial charge in [-0.1, -0.05) is 60.5 Å². The van der Waals surface area contributed by atoms with E-state index in [1.807, 2.05) is 42.5 Å². The highest BCUT2D eigenvalue weighted by atomic mass is 16.5. The summed E-state index contributed by atoms with van der Waals surface area (Å²) < 4.78 is 5.31. The van der Waals surface area contributed by atoms with Gasteiger partial charge in [-0.3, -0.25) is 19.2 Å². The van der Waals surface area contributed by atoms with Crippen LogP contribution >= 0.6 is 0 Å². The van der Waals surface area contributed by atoms with Crippen molar-refractivity contribution in [3.8, 4) is 6.07 Å². The van der Waals surface area contributed by atoms with Crippen LogP contribution in [0.2, 0.25) is 0 Å². The first-order valence-electron chi connectivity index (χ1n) is 14.8. The van der Waals surface area contributed by atoms with E-state index in [0.29, 0.717) is 19.4 Å². The highest BCUT2D eigenvalue weighted by molar-refractivity contribution is 5.97. The van der Waals surface area contributed by atoms with Crippen molar-refractivity contribution in [3.63, 3.8) is 0 Å². The second-order valence-electron chi connectivity index (χ2n) is 11.6. The summed E-state index contributed by atoms with van der Waals surface area (Å²) in [6, 6.07) is 13.9. The number of hydrogen-bond donors (Lipinski definition) is 4. The van der Waals surface area contributed by atoms with Crippen LogP contribution in [0.15, 0.2) is 47.0 Å². The quantitative estimate of drug-likeness (QED) is 0.253. The number of amides is 4. The molecule has 5 rings (SSSR count). The van der Waals surface area contributed by atoms with Crippen molar-refractivity contribution in [2.45, 2.75) is 69.9 Å². The summed E-state index contributed by atoms with van der Waals surface area (Å²) in [5, 5.41) is 24.0. The van der Waals surface area contributed by atoms with E-state index < -0.39 is 35.7 Å². The van der Waals surface area contributed by atoms with Crippen LogP contribution in [0.3, 0.4) is 0 Å². The summed E-state index contributed by atoms with van der Waals surface area (Å²) in [7, 11) is 0. The van der Waals surface area contributed by atoms with Crippen molar-refractivity contribution < 1.29 is 23.7 Å². The van der Waals surface area contributed by atoms with Crippen LogP contribution in [-0.2, 0) is 20.8 Å². The fourth-order valence-electron chi connectivity index (χ4n) is 5.94. The van der Waals surface area contributed by atoms with Crippen LogP contribution in [0.5, 0.6) is 0 Å². The third kappa shape index (κ3) is 7.02. The fourth-order valence-corrected chi connectivity index (χ4v) is 5.94. The zero-order valence-electron chi connectivity index (χ0n) is 24.1. The number of nitrogens with one attached hydrogen (secondary N) is 3. The molecule has 1 aliphatic carbocycles. The Hall–Kier alpha value is -4.72. The number of nitrogens with two attached hydrogens (primary N) is 1. The van der Waals surface area contributed by atoms with Crippen LogP contribution in [0, 0.1) is 30.1 Å². The predicted molar refractivity (Wildman–Crippen MR) is 157 cm³/mol. The summed E-state index contributed by atoms with van der Waals surface area (Å²) >= 11 is 0. The highest BCUT2D eigenvalue weighted by Crippen LogP contribution is 2.35. The summed E-state index contributed by atoms with van der Waals surface area (Å²) in [6.07, 6.45) is 4.16. The van der Waals surface area contributed by atoms with Gasteiger partial charge in [0.05, 0.1) is 12.0 Å². The number of benzene rings is 2. The summed E-state index contributed by atoms with van der Waals surface area (Å²) in [5.74, 6) is -2.64. The fraction of sp³-hybridized carbons (Fsp3) is 0.438. The molecule has 1 aliphatic heterocycles. The van der Waals surface area contributed by atoms with Gasteiger partial charge < -0.3 is 26.2 Å². The lowest BCUT2D eigenvalue weighted by Gasteiger charge is -2.26. The third-order valence-corrected chi connectivity index (χ3v) is 8.40. The Labute approximate surface area is 249 Å². The van der Waals surface area contributed by atoms with Crippen LogP contribution in [0.25, 0.3) is 10.8 Å². The largest absolute Gasteiger partial charge is 0.364 e. The zero-order valence-corrected chi connectivity index (χ0v) is 24.1. The maximum absolute atomic E-state index is 14.1. The molecule has 4 atom stereocenters. The Bertz CT molecular complexity index is 1570. The van der Waals surface area contributed by atoms with E-state index in [1.165, 1.54) is 0 Å². The number of hydrogen-bond acceptors (Lipinski definition) is 7. The minimum absolute atomic E-state index is 0.116. The molecule has 1 saturated heterocycles. The van der Waals surface area contributed by atoms with E-state index in [1.54, 1.807) is 6.92 Å². The summed E-state index contributed by atoms with van der Waals surface area (Å²) in [5.41, 5.74) is 6.63. The lowest BCUT2D eigenvalue weighted by Crippen LogP contribution is -2.51. The number of fused-ring (bicyclic) bond motifs is 1. The van der Waals surface area contributed by atoms with E-state index in [9.17, 15) is 24.4 Å². The normalized spacial score (nSPS) is 18.6. The Morgan fingerprint density at radius 1 is 1.09 bits per heavy atom. The van der Waals surface area contributed by atoms with E-state index in [4.69, 9.17) is 10.3 Å². The molecular weight excluding hydrogens is 548 g/mol. The SMILES string of the molecule is Cc1onc(C(N)=O)c1[C@H](Cc1cccc2ccccc12)C(=O)N[C@@H](CC1CC1)C(=O)N[C@H](C#N)C[C@@H]1CCCNC1=O. The number of nitriles is 1. The molecule has 2 aliphatic rings. The molecule has 4 amide bonds. The Morgan fingerprint density at radius 2 is 1.86 bits per heavy atom. The van der Waals surface area contributed by atoms with Gasteiger partial charge in [0.15, 0.2) is 5.69 Å². The molecule has 1 aromatic heterocycles. The molecule has 0 unspecified atom stereocenters. The third-order valence-electron chi connectivity index (χ3n) is 8.40. The van der Waals surface area contributed by atoms with Gasteiger partial charge in [0, 0.05) is 18.0 Å². The number of carbonyl (C=O) groups excluding carboxylic acids is 4. The van der Waals surface area contributed by atoms with Gasteiger partial charge >= 0.3 is 0 Å². The molecule has 2 aromatic carbocycles. The lowest BCUT2D eigenvalue weighted by atomic mass is 9.87. The molecule has 0 radical (unpaired) electrons. The monoisotopic (exact) mass is 584 g/mol. The topological polar surface area (TPSA) is 180 Å². The number of aromatic nitrogens is 1. The maximum atomic E-state index is 14.1. The first-order valence-corrected chi connectivity index (χ1v) is 14.8. The number of piperidine rings is 1. The van der Waals surface area contributed by atoms with E-state index >= 15 is 0 Å². The second-order valence-corrected chi connectivity index (χ2v) is 11.6. The highest BCUT2D eigenvalue weighted by Gasteiger charge is 2.37. The number of nitrogens with zero attached hydrogens (tertiary/aromatic N) is 2. The Balaban J connectivity index is 1.41. The Kier molecular flexibility index (Phi) is 9.04. The van der Waals surface area contributed by atoms with Crippen LogP contribution < -0.4 is 21.7 Å². The average Bonchev–Trinajstić information content (AvgIpc) is 3.74. The standard InChI is InChI=1S/C32H36N6O5/c1-18-27(28(29(34)39)38-43-18)25(16-21-8-4-7-20-6-2-3-10-24(20)21)31(41)37-26(14-19-11-12-19)32(42)36-23(17-33)15-22-9-5-13-35-30(22)40/h2-4,6-8,10,19,22-23,25-26H,5,9,11-16H2,1H3,(H2,34,39)(H,35,40)(H,36,42)(H,37,41)/t22-,23-,25-,26-/m0/s1. The summed E-state index contributed by atoms with van der Waals surface area (Å²) in [4.78, 5) is 52.2. The van der Waals surface area contributed by atoms with Crippen molar-refractivity contribution in [2.75, 3.05) is 6.54 Å². The number of aryl methyl sites for hydroxylation is 1. The average molecular weight is 585 g/mol. The van der Waals surface area contributed by atoms with Crippen molar-refractivity contribution in [1.29, 1.82) is 5.26 Å². The molecular formula is C32H36N6O5. The molecule has 2 heterocycles. The smallest absolute Gasteiger partial charge is 0.271 e. The van der Waals surface area contributed by atoms with Crippen LogP contribution in [0.1, 0.15) is 71.8 Å². The molecule has 2 fully saturated rings. The molecule has 224 valence electrons. The minimum Gasteiger partial charge on any atom is -0.364 e. The number of primary amides is 1. The number of rotatable bonds is 12. The predicted octanol–water partition coefficient (Wildman–Crippen LogP) is 2.77. The Morgan fingerprint density at radius 3 is 2.58 bits per heavy atom. The first-order chi connectivity index (χ1) is 20.7. The molecule has 0 bridgehead atoms. The summed E-state index contributed by atoms with van der Waals surface area (Å²) in [6.45, 7) is 2.23. The van der Waals surface area contributed by atoms with Gasteiger partial charge in [0.1, 0.15) is 17.8 Å². The van der Waals surface area contributed by atoms with Gasteiger partial charge in [-0.05, 0) is 61.3 Å². The van der Waals surface area contributed by atoms with Crippen LogP contribution in [-0.4, -0.2) is 47.4 Å². The van der Waals surface area contributed by atoms with Crippen LogP contribution in [0.4, 0.5) is 0 Å². The molecule has 0 spiro atoms. The van der Waals surface area contributed by atoms with Crippen molar-refractivity contribution in [2.24, 2.45) is 17.6 Å². The van der Waals surface area contributed by atoms with Gasteiger partial charge in [0.25, 0.3) is 5.91 Å². The molecule has 43 heavy (non-hydrogen) atoms. The van der Waals surface area contributed by atoms with Crippen molar-refractivity contribution in [3.05, 3.63) is 65.0 Å². The maximum Gasteiger partial charge on any atom is 0.271 e. The van der Waals surface area contributed by atoms with Gasteiger partial charge in [-0.2, -0.15) is 5.26 Å². The molecule has 5 N–H and O–H groups in total. The zero-order chi connectivity index (χ0) is 30.5. The van der Waals surface area contributed by atoms with Crippen molar-refractivity contribution in [1.82, 2.24) is 21.1 Å². The van der Waals surface area contributed by atoms with Gasteiger partial charge in [0.2, 0.25) is 17.7 Å². The van der Waals surface area contributed by atoms with E-state index in [0.717, 1.165) is 35.6 Å². The molecule has 1 saturated carbocycles. The second kappa shape index (κ2) is 13.1. The number of carbonyl (C=O) groups is 4. The van der Waals surface area contributed by atoms with Crippen molar-refractivity contribution >= 4 is 34.4 Å². The van der Waals surface area contributed by atoms with E-state index in [-0.39, 0.29) is 47.6 Å². The minimum atomic E-state index is -0.938. The first kappa shape index (κ1) is 29.8.